The molecule has 1 aromatic heterocycles. The van der Waals surface area contributed by atoms with Gasteiger partial charge in [-0.1, -0.05) is 13.8 Å². The fraction of sp³-hybridized carbons (Fsp3) is 0.471. The highest BCUT2D eigenvalue weighted by Gasteiger charge is 2.15. The third kappa shape index (κ3) is 2.33. The molecule has 1 aliphatic rings. The van der Waals surface area contributed by atoms with Gasteiger partial charge in [-0.3, -0.25) is 0 Å². The smallest absolute Gasteiger partial charge is 0.0994 e. The average molecular weight is 269 g/mol. The third-order valence-corrected chi connectivity index (χ3v) is 4.38. The minimum absolute atomic E-state index is 0.589. The van der Waals surface area contributed by atoms with Gasteiger partial charge in [0.15, 0.2) is 0 Å². The summed E-state index contributed by atoms with van der Waals surface area (Å²) in [6.07, 6.45) is 8.69. The van der Waals surface area contributed by atoms with E-state index in [1.54, 1.807) is 0 Å². The minimum atomic E-state index is 0.589. The zero-order valence-electron chi connectivity index (χ0n) is 12.4. The van der Waals surface area contributed by atoms with Gasteiger partial charge in [-0.15, -0.1) is 0 Å². The van der Waals surface area contributed by atoms with E-state index in [-0.39, 0.29) is 0 Å². The maximum atomic E-state index is 4.37. The lowest BCUT2D eigenvalue weighted by molar-refractivity contribution is 0.611. The Hall–Kier alpha value is -1.77. The summed E-state index contributed by atoms with van der Waals surface area (Å²) in [6, 6.07) is 6.72. The number of rotatable bonds is 4. The van der Waals surface area contributed by atoms with Gasteiger partial charge >= 0.3 is 0 Å². The van der Waals surface area contributed by atoms with Gasteiger partial charge in [0.1, 0.15) is 0 Å². The number of fused-ring (bicyclic) bond motifs is 1. The van der Waals surface area contributed by atoms with Crippen LogP contribution >= 0.6 is 0 Å². The Morgan fingerprint density at radius 1 is 1.30 bits per heavy atom. The number of anilines is 1. The van der Waals surface area contributed by atoms with Gasteiger partial charge < -0.3 is 9.88 Å². The molecule has 0 bridgehead atoms. The highest BCUT2D eigenvalue weighted by Crippen LogP contribution is 2.28. The Kier molecular flexibility index (Phi) is 3.77. The lowest BCUT2D eigenvalue weighted by atomic mass is 9.99. The summed E-state index contributed by atoms with van der Waals surface area (Å²) in [7, 11) is 0. The van der Waals surface area contributed by atoms with Crippen LogP contribution in [-0.4, -0.2) is 16.1 Å². The van der Waals surface area contributed by atoms with E-state index in [1.165, 1.54) is 35.5 Å². The summed E-state index contributed by atoms with van der Waals surface area (Å²) in [5.41, 5.74) is 5.30. The molecule has 3 heteroatoms. The van der Waals surface area contributed by atoms with E-state index in [0.29, 0.717) is 5.92 Å². The van der Waals surface area contributed by atoms with Crippen LogP contribution < -0.4 is 5.32 Å². The van der Waals surface area contributed by atoms with Crippen molar-refractivity contribution in [2.75, 3.05) is 11.9 Å². The molecule has 1 aromatic carbocycles. The Labute approximate surface area is 121 Å². The molecular weight excluding hydrogens is 246 g/mol. The van der Waals surface area contributed by atoms with E-state index in [4.69, 9.17) is 0 Å². The van der Waals surface area contributed by atoms with Crippen LogP contribution in [0.4, 0.5) is 5.69 Å². The molecule has 0 unspecified atom stereocenters. The van der Waals surface area contributed by atoms with Gasteiger partial charge in [0.2, 0.25) is 0 Å². The van der Waals surface area contributed by atoms with E-state index < -0.39 is 0 Å². The molecule has 0 saturated heterocycles. The molecule has 20 heavy (non-hydrogen) atoms. The number of aromatic nitrogens is 2. The summed E-state index contributed by atoms with van der Waals surface area (Å²) in [4.78, 5) is 4.37. The van der Waals surface area contributed by atoms with Crippen molar-refractivity contribution in [3.63, 3.8) is 0 Å². The molecule has 2 aromatic rings. The molecule has 0 fully saturated rings. The molecule has 0 atom stereocenters. The van der Waals surface area contributed by atoms with Gasteiger partial charge in [-0.25, -0.2) is 4.98 Å². The summed E-state index contributed by atoms with van der Waals surface area (Å²) in [6.45, 7) is 5.60. The van der Waals surface area contributed by atoms with Crippen molar-refractivity contribution < 1.29 is 0 Å². The van der Waals surface area contributed by atoms with Crippen LogP contribution in [0.15, 0.2) is 30.7 Å². The largest absolute Gasteiger partial charge is 0.385 e. The lowest BCUT2D eigenvalue weighted by Gasteiger charge is -2.20. The van der Waals surface area contributed by atoms with Gasteiger partial charge in [0, 0.05) is 35.7 Å². The molecule has 0 radical (unpaired) electrons. The fourth-order valence-electron chi connectivity index (χ4n) is 3.14. The molecule has 0 saturated carbocycles. The normalized spacial score (nSPS) is 14.2. The van der Waals surface area contributed by atoms with Crippen LogP contribution in [0.5, 0.6) is 0 Å². The number of nitrogens with zero attached hydrogens (tertiary/aromatic N) is 2. The number of imidazole rings is 1. The predicted octanol–water partition coefficient (Wildman–Crippen LogP) is 4.13. The summed E-state index contributed by atoms with van der Waals surface area (Å²) in [5.74, 6) is 0.589. The lowest BCUT2D eigenvalue weighted by Crippen LogP contribution is -2.12. The van der Waals surface area contributed by atoms with E-state index in [1.807, 2.05) is 12.5 Å². The summed E-state index contributed by atoms with van der Waals surface area (Å²) in [5, 5.41) is 3.47. The van der Waals surface area contributed by atoms with Crippen molar-refractivity contribution >= 4 is 5.69 Å². The second-order valence-electron chi connectivity index (χ2n) is 5.57. The molecule has 0 amide bonds. The van der Waals surface area contributed by atoms with Crippen LogP contribution in [0, 0.1) is 0 Å². The molecular formula is C17H23N3. The van der Waals surface area contributed by atoms with Crippen LogP contribution in [0.25, 0.3) is 5.69 Å². The zero-order chi connectivity index (χ0) is 13.9. The first-order valence-corrected chi connectivity index (χ1v) is 7.73. The first-order valence-electron chi connectivity index (χ1n) is 7.73. The van der Waals surface area contributed by atoms with Crippen molar-refractivity contribution in [2.45, 2.75) is 45.4 Å². The average Bonchev–Trinajstić information content (AvgIpc) is 2.97. The maximum absolute atomic E-state index is 4.37. The molecule has 1 N–H and O–H groups in total. The highest BCUT2D eigenvalue weighted by molar-refractivity contribution is 5.57. The second-order valence-corrected chi connectivity index (χ2v) is 5.57. The molecule has 1 aliphatic heterocycles. The van der Waals surface area contributed by atoms with Crippen LogP contribution in [0.2, 0.25) is 0 Å². The Bertz CT molecular complexity index is 582. The van der Waals surface area contributed by atoms with Gasteiger partial charge in [0.05, 0.1) is 6.33 Å². The summed E-state index contributed by atoms with van der Waals surface area (Å²) >= 11 is 0. The maximum Gasteiger partial charge on any atom is 0.0994 e. The van der Waals surface area contributed by atoms with Crippen LogP contribution in [0.1, 0.15) is 50.3 Å². The molecule has 0 aliphatic carbocycles. The fourth-order valence-corrected chi connectivity index (χ4v) is 3.14. The number of aryl methyl sites for hydroxylation is 1. The van der Waals surface area contributed by atoms with Crippen molar-refractivity contribution in [1.82, 2.24) is 9.55 Å². The molecule has 3 rings (SSSR count). The Morgan fingerprint density at radius 3 is 2.95 bits per heavy atom. The van der Waals surface area contributed by atoms with Crippen molar-refractivity contribution in [3.05, 3.63) is 42.0 Å². The SMILES string of the molecule is CCC(CC)c1cncn1-c1ccc2c(c1)CCCN2. The zero-order valence-corrected chi connectivity index (χ0v) is 12.4. The number of nitrogens with one attached hydrogen (secondary N) is 1. The number of hydrogen-bond donors (Lipinski definition) is 1. The topological polar surface area (TPSA) is 29.9 Å². The van der Waals surface area contributed by atoms with Gasteiger partial charge in [-0.2, -0.15) is 0 Å². The highest BCUT2D eigenvalue weighted by atomic mass is 15.1. The molecule has 3 nitrogen and oxygen atoms in total. The first kappa shape index (κ1) is 13.2. The molecule has 0 spiro atoms. The van der Waals surface area contributed by atoms with Gasteiger partial charge in [-0.05, 0) is 49.4 Å². The molecule has 2 heterocycles. The van der Waals surface area contributed by atoms with Crippen LogP contribution in [-0.2, 0) is 6.42 Å². The number of benzene rings is 1. The predicted molar refractivity (Wildman–Crippen MR) is 83.7 cm³/mol. The third-order valence-electron chi connectivity index (χ3n) is 4.38. The van der Waals surface area contributed by atoms with E-state index in [9.17, 15) is 0 Å². The number of hydrogen-bond acceptors (Lipinski definition) is 2. The summed E-state index contributed by atoms with van der Waals surface area (Å²) < 4.78 is 2.26. The van der Waals surface area contributed by atoms with E-state index >= 15 is 0 Å². The monoisotopic (exact) mass is 269 g/mol. The van der Waals surface area contributed by atoms with E-state index in [2.05, 4.69) is 46.9 Å². The Morgan fingerprint density at radius 2 is 2.15 bits per heavy atom. The molecule has 106 valence electrons. The van der Waals surface area contributed by atoms with Crippen molar-refractivity contribution in [2.24, 2.45) is 0 Å². The van der Waals surface area contributed by atoms with Gasteiger partial charge in [0.25, 0.3) is 0 Å². The first-order chi connectivity index (χ1) is 9.83. The quantitative estimate of drug-likeness (QED) is 0.904. The minimum Gasteiger partial charge on any atom is -0.385 e. The van der Waals surface area contributed by atoms with Crippen molar-refractivity contribution in [1.29, 1.82) is 0 Å². The second kappa shape index (κ2) is 5.70. The Balaban J connectivity index is 1.99. The van der Waals surface area contributed by atoms with Crippen LogP contribution in [0.3, 0.4) is 0 Å². The van der Waals surface area contributed by atoms with E-state index in [0.717, 1.165) is 19.4 Å². The standard InChI is InChI=1S/C17H23N3/c1-3-13(4-2)17-11-18-12-20(17)15-7-8-16-14(10-15)6-5-9-19-16/h7-8,10-13,19H,3-6,9H2,1-2H3. The van der Waals surface area contributed by atoms with Crippen molar-refractivity contribution in [3.8, 4) is 5.69 Å².